The normalized spacial score (nSPS) is 11.8. The summed E-state index contributed by atoms with van der Waals surface area (Å²) in [5.41, 5.74) is 1.09. The Morgan fingerprint density at radius 1 is 1.14 bits per heavy atom. The van der Waals surface area contributed by atoms with Gasteiger partial charge in [0.25, 0.3) is 5.91 Å². The first-order chi connectivity index (χ1) is 10.1. The molecule has 0 fully saturated rings. The predicted molar refractivity (Wildman–Crippen MR) is 84.5 cm³/mol. The fraction of sp³-hybridized carbons (Fsp3) is 0.235. The molecule has 0 spiro atoms. The van der Waals surface area contributed by atoms with Crippen LogP contribution in [-0.4, -0.2) is 24.0 Å². The Hall–Kier alpha value is -2.00. The summed E-state index contributed by atoms with van der Waals surface area (Å²) in [5.74, 6) is 0.571. The largest absolute Gasteiger partial charge is 0.481 e. The van der Waals surface area contributed by atoms with Gasteiger partial charge in [-0.15, -0.1) is 0 Å². The fourth-order valence-corrected chi connectivity index (χ4v) is 2.14. The van der Waals surface area contributed by atoms with Crippen LogP contribution in [0.3, 0.4) is 0 Å². The van der Waals surface area contributed by atoms with E-state index in [2.05, 4.69) is 0 Å². The quantitative estimate of drug-likeness (QED) is 0.841. The van der Waals surface area contributed by atoms with Gasteiger partial charge in [-0.1, -0.05) is 41.9 Å². The first-order valence-corrected chi connectivity index (χ1v) is 7.15. The molecule has 0 aromatic heterocycles. The van der Waals surface area contributed by atoms with Crippen molar-refractivity contribution in [2.24, 2.45) is 0 Å². The molecule has 0 aliphatic carbocycles. The number of amides is 1. The Kier molecular flexibility index (Phi) is 5.23. The average molecular weight is 304 g/mol. The summed E-state index contributed by atoms with van der Waals surface area (Å²) in [4.78, 5) is 14.0. The number of likely N-dealkylation sites (N-methyl/N-ethyl adjacent to an activating group) is 1. The molecular weight excluding hydrogens is 286 g/mol. The minimum atomic E-state index is -0.542. The zero-order chi connectivity index (χ0) is 15.2. The van der Waals surface area contributed by atoms with Crippen LogP contribution in [0.1, 0.15) is 12.5 Å². The summed E-state index contributed by atoms with van der Waals surface area (Å²) in [5, 5.41) is 0.641. The molecule has 2 rings (SSSR count). The van der Waals surface area contributed by atoms with Crippen LogP contribution >= 0.6 is 11.6 Å². The number of ether oxygens (including phenoxy) is 1. The van der Waals surface area contributed by atoms with Crippen molar-refractivity contribution in [1.82, 2.24) is 4.90 Å². The lowest BCUT2D eigenvalue weighted by atomic mass is 10.2. The maximum atomic E-state index is 12.3. The minimum Gasteiger partial charge on any atom is -0.481 e. The molecule has 0 unspecified atom stereocenters. The summed E-state index contributed by atoms with van der Waals surface area (Å²) in [6, 6.07) is 16.8. The van der Waals surface area contributed by atoms with Crippen LogP contribution in [0.2, 0.25) is 5.02 Å². The molecule has 1 amide bonds. The number of nitrogens with zero attached hydrogens (tertiary/aromatic N) is 1. The first-order valence-electron chi connectivity index (χ1n) is 6.77. The van der Waals surface area contributed by atoms with E-state index in [9.17, 15) is 4.79 Å². The molecule has 2 aromatic rings. The van der Waals surface area contributed by atoms with Crippen LogP contribution in [0.4, 0.5) is 0 Å². The van der Waals surface area contributed by atoms with Gasteiger partial charge >= 0.3 is 0 Å². The third-order valence-electron chi connectivity index (χ3n) is 3.11. The van der Waals surface area contributed by atoms with E-state index in [4.69, 9.17) is 16.3 Å². The minimum absolute atomic E-state index is 0.0613. The second-order valence-electron chi connectivity index (χ2n) is 4.89. The maximum absolute atomic E-state index is 12.3. The van der Waals surface area contributed by atoms with Gasteiger partial charge in [-0.25, -0.2) is 0 Å². The Morgan fingerprint density at radius 3 is 2.38 bits per heavy atom. The number of hydrogen-bond acceptors (Lipinski definition) is 2. The fourth-order valence-electron chi connectivity index (χ4n) is 2.01. The maximum Gasteiger partial charge on any atom is 0.263 e. The number of carbonyl (C=O) groups is 1. The van der Waals surface area contributed by atoms with Gasteiger partial charge in [-0.2, -0.15) is 0 Å². The van der Waals surface area contributed by atoms with Crippen molar-refractivity contribution in [3.63, 3.8) is 0 Å². The number of halogens is 1. The summed E-state index contributed by atoms with van der Waals surface area (Å²) >= 11 is 5.82. The highest BCUT2D eigenvalue weighted by Crippen LogP contribution is 2.17. The number of hydrogen-bond donors (Lipinski definition) is 0. The smallest absolute Gasteiger partial charge is 0.263 e. The van der Waals surface area contributed by atoms with Crippen molar-refractivity contribution in [3.05, 3.63) is 65.2 Å². The van der Waals surface area contributed by atoms with Crippen LogP contribution in [0.5, 0.6) is 5.75 Å². The van der Waals surface area contributed by atoms with E-state index < -0.39 is 6.10 Å². The van der Waals surface area contributed by atoms with Crippen molar-refractivity contribution in [2.45, 2.75) is 19.6 Å². The van der Waals surface area contributed by atoms with Gasteiger partial charge in [0, 0.05) is 18.6 Å². The molecule has 0 saturated heterocycles. The lowest BCUT2D eigenvalue weighted by Crippen LogP contribution is -2.37. The van der Waals surface area contributed by atoms with Crippen LogP contribution in [0.25, 0.3) is 0 Å². The molecule has 0 aliphatic rings. The highest BCUT2D eigenvalue weighted by atomic mass is 35.5. The summed E-state index contributed by atoms with van der Waals surface area (Å²) in [6.45, 7) is 2.31. The van der Waals surface area contributed by atoms with Gasteiger partial charge in [-0.05, 0) is 36.8 Å². The standard InChI is InChI=1S/C17H18ClNO2/c1-13(21-16-10-8-15(18)9-11-16)17(20)19(2)12-14-6-4-3-5-7-14/h3-11,13H,12H2,1-2H3/t13-/m0/s1. The van der Waals surface area contributed by atoms with Gasteiger partial charge in [0.05, 0.1) is 0 Å². The Balaban J connectivity index is 1.93. The third kappa shape index (κ3) is 4.50. The average Bonchev–Trinajstić information content (AvgIpc) is 2.49. The van der Waals surface area contributed by atoms with Crippen LogP contribution < -0.4 is 4.74 Å². The zero-order valence-corrected chi connectivity index (χ0v) is 12.9. The molecule has 3 nitrogen and oxygen atoms in total. The van der Waals surface area contributed by atoms with E-state index in [1.165, 1.54) is 0 Å². The molecule has 0 radical (unpaired) electrons. The molecular formula is C17H18ClNO2. The van der Waals surface area contributed by atoms with Gasteiger partial charge in [-0.3, -0.25) is 4.79 Å². The van der Waals surface area contributed by atoms with Crippen molar-refractivity contribution in [1.29, 1.82) is 0 Å². The Morgan fingerprint density at radius 2 is 1.76 bits per heavy atom. The molecule has 4 heteroatoms. The van der Waals surface area contributed by atoms with Crippen molar-refractivity contribution in [2.75, 3.05) is 7.05 Å². The lowest BCUT2D eigenvalue weighted by molar-refractivity contribution is -0.137. The summed E-state index contributed by atoms with van der Waals surface area (Å²) in [7, 11) is 1.77. The molecule has 2 aromatic carbocycles. The molecule has 0 N–H and O–H groups in total. The Labute approximate surface area is 130 Å². The van der Waals surface area contributed by atoms with E-state index in [0.29, 0.717) is 17.3 Å². The van der Waals surface area contributed by atoms with Crippen LogP contribution in [-0.2, 0) is 11.3 Å². The molecule has 21 heavy (non-hydrogen) atoms. The second-order valence-corrected chi connectivity index (χ2v) is 5.33. The number of rotatable bonds is 5. The van der Waals surface area contributed by atoms with E-state index in [0.717, 1.165) is 5.56 Å². The third-order valence-corrected chi connectivity index (χ3v) is 3.37. The van der Waals surface area contributed by atoms with Gasteiger partial charge in [0.2, 0.25) is 0 Å². The highest BCUT2D eigenvalue weighted by molar-refractivity contribution is 6.30. The number of benzene rings is 2. The van der Waals surface area contributed by atoms with E-state index in [1.807, 2.05) is 30.3 Å². The van der Waals surface area contributed by atoms with E-state index in [1.54, 1.807) is 43.1 Å². The molecule has 0 bridgehead atoms. The van der Waals surface area contributed by atoms with E-state index in [-0.39, 0.29) is 5.91 Å². The van der Waals surface area contributed by atoms with Crippen molar-refractivity contribution >= 4 is 17.5 Å². The predicted octanol–water partition coefficient (Wildman–Crippen LogP) is 3.77. The molecule has 0 aliphatic heterocycles. The van der Waals surface area contributed by atoms with E-state index >= 15 is 0 Å². The first kappa shape index (κ1) is 15.4. The molecule has 1 atom stereocenters. The topological polar surface area (TPSA) is 29.5 Å². The summed E-state index contributed by atoms with van der Waals surface area (Å²) in [6.07, 6.45) is -0.542. The van der Waals surface area contributed by atoms with Crippen molar-refractivity contribution in [3.8, 4) is 5.75 Å². The lowest BCUT2D eigenvalue weighted by Gasteiger charge is -2.22. The summed E-state index contributed by atoms with van der Waals surface area (Å²) < 4.78 is 5.64. The number of carbonyl (C=O) groups excluding carboxylic acids is 1. The molecule has 0 heterocycles. The highest BCUT2D eigenvalue weighted by Gasteiger charge is 2.19. The second kappa shape index (κ2) is 7.14. The van der Waals surface area contributed by atoms with Gasteiger partial charge in [0.15, 0.2) is 6.10 Å². The molecule has 110 valence electrons. The van der Waals surface area contributed by atoms with Crippen LogP contribution in [0.15, 0.2) is 54.6 Å². The van der Waals surface area contributed by atoms with Gasteiger partial charge in [0.1, 0.15) is 5.75 Å². The zero-order valence-electron chi connectivity index (χ0n) is 12.1. The SMILES string of the molecule is C[C@H](Oc1ccc(Cl)cc1)C(=O)N(C)Cc1ccccc1. The van der Waals surface area contributed by atoms with Crippen LogP contribution in [0, 0.1) is 0 Å². The molecule has 0 saturated carbocycles. The monoisotopic (exact) mass is 303 g/mol. The van der Waals surface area contributed by atoms with Gasteiger partial charge < -0.3 is 9.64 Å². The van der Waals surface area contributed by atoms with Crippen molar-refractivity contribution < 1.29 is 9.53 Å². The Bertz CT molecular complexity index is 583.